The van der Waals surface area contributed by atoms with Crippen molar-refractivity contribution in [1.82, 2.24) is 0 Å². The first-order valence-corrected chi connectivity index (χ1v) is 32.6. The van der Waals surface area contributed by atoms with Crippen molar-refractivity contribution in [1.29, 1.82) is 0 Å². The van der Waals surface area contributed by atoms with E-state index in [2.05, 4.69) is 371 Å². The lowest BCUT2D eigenvalue weighted by atomic mass is 9.88. The van der Waals surface area contributed by atoms with E-state index in [1.54, 1.807) is 0 Å². The summed E-state index contributed by atoms with van der Waals surface area (Å²) in [5.74, 6) is 0. The van der Waals surface area contributed by atoms with E-state index in [4.69, 9.17) is 0 Å². The normalized spacial score (nSPS) is 13.1. The van der Waals surface area contributed by atoms with Crippen molar-refractivity contribution in [2.24, 2.45) is 0 Å². The van der Waals surface area contributed by atoms with Gasteiger partial charge in [-0.1, -0.05) is 267 Å². The second-order valence-corrected chi connectivity index (χ2v) is 24.7. The van der Waals surface area contributed by atoms with Crippen molar-refractivity contribution >= 4 is 113 Å². The Labute approximate surface area is 548 Å². The Bertz CT molecular complexity index is 5470. The zero-order valence-electron chi connectivity index (χ0n) is 51.7. The minimum Gasteiger partial charge on any atom is -0.306 e. The van der Waals surface area contributed by atoms with Crippen LogP contribution in [-0.4, -0.2) is 0 Å². The fourth-order valence-corrected chi connectivity index (χ4v) is 15.1. The van der Waals surface area contributed by atoms with E-state index in [0.29, 0.717) is 0 Å². The number of fused-ring (bicyclic) bond motifs is 7. The molecule has 19 rings (SSSR count). The molecule has 442 valence electrons. The van der Waals surface area contributed by atoms with E-state index in [1.165, 1.54) is 133 Å². The van der Waals surface area contributed by atoms with E-state index in [-0.39, 0.29) is 0 Å². The molecule has 0 atom stereocenters. The molecule has 94 heavy (non-hydrogen) atoms. The summed E-state index contributed by atoms with van der Waals surface area (Å²) in [5, 5.41) is 7.76. The third-order valence-electron chi connectivity index (χ3n) is 19.3. The molecule has 0 aromatic heterocycles. The standard InChI is InChI=1S/C47H32N2.C43H30N2/c1-3-12-32(13-4-1)36-26-29-43-44(30-36)49(38-19-5-2-6-20-38)47-42-23-11-17-35-16-9-18-37(46(35)42)31-45(47)48(43)39-27-24-34(25-28-39)41-22-10-15-33-14-7-8-21-40(33)41;1-4-12-30(13-5-1)32-22-25-37(26-23-32)44-39-27-24-34(31-14-6-2-7-15-31)28-40(39)45(36-19-8-3-9-20-36)43-38-21-11-17-33-16-10-18-35(42(33)38)29-41(43)44/h1-22,24-31H,23H2;1-20,22-29H,21H2. The van der Waals surface area contributed by atoms with Crippen molar-refractivity contribution in [3.63, 3.8) is 0 Å². The second-order valence-electron chi connectivity index (χ2n) is 24.7. The zero-order valence-corrected chi connectivity index (χ0v) is 51.7. The van der Waals surface area contributed by atoms with Gasteiger partial charge in [0.15, 0.2) is 0 Å². The van der Waals surface area contributed by atoms with Gasteiger partial charge in [-0.2, -0.15) is 0 Å². The highest BCUT2D eigenvalue weighted by Crippen LogP contribution is 2.60. The molecule has 2 heterocycles. The molecule has 0 unspecified atom stereocenters. The number of nitrogens with zero attached hydrogens (tertiary/aromatic N) is 4. The monoisotopic (exact) mass is 1200 g/mol. The lowest BCUT2D eigenvalue weighted by Crippen LogP contribution is -2.25. The lowest BCUT2D eigenvalue weighted by Gasteiger charge is -2.42. The van der Waals surface area contributed by atoms with E-state index in [1.807, 2.05) is 0 Å². The summed E-state index contributed by atoms with van der Waals surface area (Å²) in [6.07, 6.45) is 11.0. The Morgan fingerprint density at radius 1 is 0.223 bits per heavy atom. The predicted octanol–water partition coefficient (Wildman–Crippen LogP) is 25.1. The molecule has 15 aromatic rings. The minimum absolute atomic E-state index is 0.877. The quantitative estimate of drug-likeness (QED) is 0.150. The van der Waals surface area contributed by atoms with Crippen LogP contribution in [0.15, 0.2) is 340 Å². The van der Waals surface area contributed by atoms with Gasteiger partial charge in [0.25, 0.3) is 0 Å². The van der Waals surface area contributed by atoms with Gasteiger partial charge in [-0.25, -0.2) is 0 Å². The summed E-state index contributed by atoms with van der Waals surface area (Å²) < 4.78 is 0. The van der Waals surface area contributed by atoms with E-state index < -0.39 is 0 Å². The van der Waals surface area contributed by atoms with E-state index >= 15 is 0 Å². The van der Waals surface area contributed by atoms with Gasteiger partial charge in [-0.05, 0) is 197 Å². The summed E-state index contributed by atoms with van der Waals surface area (Å²) in [4.78, 5) is 9.95. The molecule has 2 aliphatic carbocycles. The number of hydrogen-bond donors (Lipinski definition) is 0. The molecule has 0 saturated carbocycles. The van der Waals surface area contributed by atoms with Crippen molar-refractivity contribution in [3.05, 3.63) is 362 Å². The summed E-state index contributed by atoms with van der Waals surface area (Å²) in [7, 11) is 0. The summed E-state index contributed by atoms with van der Waals surface area (Å²) in [6.45, 7) is 0. The maximum Gasteiger partial charge on any atom is 0.0745 e. The Balaban J connectivity index is 0.000000138. The molecule has 4 aliphatic rings. The molecule has 0 fully saturated rings. The fraction of sp³-hybridized carbons (Fsp3) is 0.0222. The number of allylic oxidation sites excluding steroid dienone is 2. The smallest absolute Gasteiger partial charge is 0.0745 e. The first kappa shape index (κ1) is 54.7. The molecule has 0 bridgehead atoms. The number of para-hydroxylation sites is 2. The summed E-state index contributed by atoms with van der Waals surface area (Å²) >= 11 is 0. The molecule has 0 amide bonds. The van der Waals surface area contributed by atoms with Crippen LogP contribution in [-0.2, 0) is 12.8 Å². The van der Waals surface area contributed by atoms with Crippen LogP contribution in [0.2, 0.25) is 0 Å². The summed E-state index contributed by atoms with van der Waals surface area (Å²) in [6, 6.07) is 119. The van der Waals surface area contributed by atoms with Crippen molar-refractivity contribution in [2.75, 3.05) is 19.6 Å². The molecule has 4 heteroatoms. The zero-order chi connectivity index (χ0) is 62.1. The van der Waals surface area contributed by atoms with Gasteiger partial charge in [0.2, 0.25) is 0 Å². The number of hydrogen-bond acceptors (Lipinski definition) is 4. The number of anilines is 12. The first-order chi connectivity index (χ1) is 46.6. The topological polar surface area (TPSA) is 13.0 Å². The van der Waals surface area contributed by atoms with E-state index in [0.717, 1.165) is 47.0 Å². The molecule has 0 saturated heterocycles. The second kappa shape index (κ2) is 22.9. The highest BCUT2D eigenvalue weighted by atomic mass is 15.3. The van der Waals surface area contributed by atoms with Crippen LogP contribution < -0.4 is 19.6 Å². The third-order valence-corrected chi connectivity index (χ3v) is 19.3. The largest absolute Gasteiger partial charge is 0.306 e. The van der Waals surface area contributed by atoms with Crippen LogP contribution in [0.4, 0.5) is 68.2 Å². The van der Waals surface area contributed by atoms with Crippen LogP contribution in [0, 0.1) is 0 Å². The molecule has 15 aromatic carbocycles. The Morgan fingerprint density at radius 3 is 1.06 bits per heavy atom. The van der Waals surface area contributed by atoms with Gasteiger partial charge in [0, 0.05) is 22.7 Å². The van der Waals surface area contributed by atoms with Crippen molar-refractivity contribution < 1.29 is 0 Å². The van der Waals surface area contributed by atoms with Crippen LogP contribution in [0.3, 0.4) is 0 Å². The van der Waals surface area contributed by atoms with Gasteiger partial charge in [-0.3, -0.25) is 0 Å². The Morgan fingerprint density at radius 2 is 0.585 bits per heavy atom. The molecule has 2 aliphatic heterocycles. The third kappa shape index (κ3) is 9.29. The van der Waals surface area contributed by atoms with E-state index in [9.17, 15) is 0 Å². The Kier molecular flexibility index (Phi) is 13.3. The molecular weight excluding hydrogens is 1140 g/mol. The number of rotatable bonds is 8. The first-order valence-electron chi connectivity index (χ1n) is 32.6. The lowest BCUT2D eigenvalue weighted by molar-refractivity contribution is 1.14. The maximum atomic E-state index is 2.50. The average molecular weight is 1200 g/mol. The molecule has 0 N–H and O–H groups in total. The SMILES string of the molecule is C1=Cc2cccc3cc4c(c(c23)C1)N(c1ccccc1)c1cc(-c2ccccc2)ccc1N4c1ccc(-c2cccc3ccccc23)cc1.C1=Cc2cccc3cc4c(c(c23)C1)N(c1ccccc1)c1cc(-c2ccccc2)ccc1N4c1ccc(-c2ccccc2)cc1. The molecule has 0 spiro atoms. The molecular formula is C90H62N4. The maximum absolute atomic E-state index is 2.50. The van der Waals surface area contributed by atoms with Gasteiger partial charge in [-0.15, -0.1) is 0 Å². The van der Waals surface area contributed by atoms with Gasteiger partial charge < -0.3 is 19.6 Å². The van der Waals surface area contributed by atoms with Gasteiger partial charge in [0.1, 0.15) is 0 Å². The van der Waals surface area contributed by atoms with Gasteiger partial charge in [0.05, 0.1) is 45.5 Å². The molecule has 4 nitrogen and oxygen atoms in total. The van der Waals surface area contributed by atoms with Crippen LogP contribution in [0.1, 0.15) is 22.3 Å². The Hall–Kier alpha value is -12.2. The van der Waals surface area contributed by atoms with Gasteiger partial charge >= 0.3 is 0 Å². The highest BCUT2D eigenvalue weighted by Gasteiger charge is 2.37. The highest BCUT2D eigenvalue weighted by molar-refractivity contribution is 6.13. The van der Waals surface area contributed by atoms with Crippen LogP contribution >= 0.6 is 0 Å². The van der Waals surface area contributed by atoms with Crippen molar-refractivity contribution in [3.8, 4) is 44.5 Å². The predicted molar refractivity (Wildman–Crippen MR) is 398 cm³/mol. The van der Waals surface area contributed by atoms with Crippen LogP contribution in [0.5, 0.6) is 0 Å². The average Bonchev–Trinajstić information content (AvgIpc) is 0.717. The van der Waals surface area contributed by atoms with Crippen molar-refractivity contribution in [2.45, 2.75) is 12.8 Å². The molecule has 0 radical (unpaired) electrons. The summed E-state index contributed by atoms with van der Waals surface area (Å²) in [5.41, 5.74) is 29.1. The number of benzene rings is 15. The minimum atomic E-state index is 0.877. The fourth-order valence-electron chi connectivity index (χ4n) is 15.1. The van der Waals surface area contributed by atoms with Crippen LogP contribution in [0.25, 0.3) is 89.0 Å².